The monoisotopic (exact) mass is 358 g/mol. The zero-order valence-electron chi connectivity index (χ0n) is 15.9. The van der Waals surface area contributed by atoms with Gasteiger partial charge in [-0.1, -0.05) is 60.7 Å². The molecule has 4 heteroatoms. The predicted octanol–water partition coefficient (Wildman–Crippen LogP) is 4.77. The zero-order chi connectivity index (χ0) is 18.5. The summed E-state index contributed by atoms with van der Waals surface area (Å²) in [4.78, 5) is 14.5. The highest BCUT2D eigenvalue weighted by Gasteiger charge is 2.18. The molecule has 0 radical (unpaired) electrons. The Hall–Kier alpha value is -2.88. The van der Waals surface area contributed by atoms with E-state index >= 15 is 0 Å². The molecule has 1 fully saturated rings. The molecule has 2 heterocycles. The minimum Gasteiger partial charge on any atom is -0.356 e. The first-order valence-electron chi connectivity index (χ1n) is 9.82. The lowest BCUT2D eigenvalue weighted by Gasteiger charge is -2.25. The van der Waals surface area contributed by atoms with E-state index in [0.717, 1.165) is 49.2 Å². The van der Waals surface area contributed by atoms with Crippen molar-refractivity contribution in [2.45, 2.75) is 26.3 Å². The summed E-state index contributed by atoms with van der Waals surface area (Å²) >= 11 is 0. The van der Waals surface area contributed by atoms with E-state index in [0.29, 0.717) is 0 Å². The van der Waals surface area contributed by atoms with E-state index in [2.05, 4.69) is 65.3 Å². The topological polar surface area (TPSA) is 32.3 Å². The lowest BCUT2D eigenvalue weighted by molar-refractivity contribution is 0.808. The van der Waals surface area contributed by atoms with E-state index in [1.165, 1.54) is 18.4 Å². The molecule has 0 spiro atoms. The summed E-state index contributed by atoms with van der Waals surface area (Å²) in [5.41, 5.74) is 2.36. The van der Waals surface area contributed by atoms with Gasteiger partial charge in [0.25, 0.3) is 0 Å². The van der Waals surface area contributed by atoms with Gasteiger partial charge in [0.15, 0.2) is 5.82 Å². The number of benzene rings is 2. The van der Waals surface area contributed by atoms with Crippen LogP contribution in [0.1, 0.15) is 25.3 Å². The summed E-state index contributed by atoms with van der Waals surface area (Å²) in [7, 11) is 0. The summed E-state index contributed by atoms with van der Waals surface area (Å²) in [6, 6.07) is 23.0. The van der Waals surface area contributed by atoms with Crippen LogP contribution in [-0.4, -0.2) is 29.6 Å². The molecular weight excluding hydrogens is 332 g/mol. The molecule has 2 aromatic carbocycles. The second-order valence-corrected chi connectivity index (χ2v) is 6.97. The van der Waals surface area contributed by atoms with Crippen LogP contribution in [0.25, 0.3) is 11.4 Å². The molecule has 1 saturated heterocycles. The average molecular weight is 358 g/mol. The Kier molecular flexibility index (Phi) is 5.33. The molecule has 1 aromatic heterocycles. The zero-order valence-corrected chi connectivity index (χ0v) is 15.9. The van der Waals surface area contributed by atoms with Gasteiger partial charge in [-0.05, 0) is 25.3 Å². The third kappa shape index (κ3) is 4.11. The third-order valence-corrected chi connectivity index (χ3v) is 5.08. The van der Waals surface area contributed by atoms with Crippen LogP contribution in [0.4, 0.5) is 11.6 Å². The predicted molar refractivity (Wildman–Crippen MR) is 112 cm³/mol. The highest BCUT2D eigenvalue weighted by Crippen LogP contribution is 2.27. The molecule has 0 N–H and O–H groups in total. The van der Waals surface area contributed by atoms with Crippen LogP contribution >= 0.6 is 0 Å². The van der Waals surface area contributed by atoms with Crippen LogP contribution in [-0.2, 0) is 6.54 Å². The number of aromatic nitrogens is 2. The Morgan fingerprint density at radius 3 is 2.22 bits per heavy atom. The molecule has 0 unspecified atom stereocenters. The first-order chi connectivity index (χ1) is 13.3. The highest BCUT2D eigenvalue weighted by atomic mass is 15.2. The van der Waals surface area contributed by atoms with E-state index in [4.69, 9.17) is 9.97 Å². The van der Waals surface area contributed by atoms with Gasteiger partial charge in [-0.15, -0.1) is 0 Å². The van der Waals surface area contributed by atoms with Crippen molar-refractivity contribution in [2.24, 2.45) is 0 Å². The van der Waals surface area contributed by atoms with Gasteiger partial charge in [0.05, 0.1) is 0 Å². The summed E-state index contributed by atoms with van der Waals surface area (Å²) in [6.45, 7) is 6.09. The number of hydrogen-bond acceptors (Lipinski definition) is 4. The number of rotatable bonds is 6. The average Bonchev–Trinajstić information content (AvgIpc) is 3.28. The molecule has 4 rings (SSSR count). The van der Waals surface area contributed by atoms with Crippen LogP contribution in [0, 0.1) is 0 Å². The van der Waals surface area contributed by atoms with Crippen molar-refractivity contribution >= 4 is 11.6 Å². The molecule has 27 heavy (non-hydrogen) atoms. The van der Waals surface area contributed by atoms with Gasteiger partial charge in [-0.25, -0.2) is 9.97 Å². The Labute approximate surface area is 161 Å². The van der Waals surface area contributed by atoms with Crippen molar-refractivity contribution in [3.05, 3.63) is 72.3 Å². The van der Waals surface area contributed by atoms with Crippen molar-refractivity contribution < 1.29 is 0 Å². The molecule has 0 bridgehead atoms. The quantitative estimate of drug-likeness (QED) is 0.635. The maximum Gasteiger partial charge on any atom is 0.163 e. The maximum atomic E-state index is 4.93. The van der Waals surface area contributed by atoms with E-state index in [1.807, 2.05) is 18.2 Å². The van der Waals surface area contributed by atoms with Gasteiger partial charge in [-0.3, -0.25) is 0 Å². The van der Waals surface area contributed by atoms with Crippen LogP contribution in [0.2, 0.25) is 0 Å². The van der Waals surface area contributed by atoms with E-state index in [-0.39, 0.29) is 0 Å². The number of hydrogen-bond donors (Lipinski definition) is 0. The summed E-state index contributed by atoms with van der Waals surface area (Å²) in [5, 5.41) is 0. The fraction of sp³-hybridized carbons (Fsp3) is 0.304. The Morgan fingerprint density at radius 2 is 1.56 bits per heavy atom. The van der Waals surface area contributed by atoms with Crippen LogP contribution in [0.5, 0.6) is 0 Å². The SMILES string of the molecule is CCN(Cc1ccccc1)c1cc(N2CCCC2)nc(-c2ccccc2)n1. The van der Waals surface area contributed by atoms with E-state index in [1.54, 1.807) is 0 Å². The van der Waals surface area contributed by atoms with Crippen molar-refractivity contribution in [3.63, 3.8) is 0 Å². The maximum absolute atomic E-state index is 4.93. The third-order valence-electron chi connectivity index (χ3n) is 5.08. The van der Waals surface area contributed by atoms with Gasteiger partial charge in [0.1, 0.15) is 11.6 Å². The molecular formula is C23H26N4. The molecule has 0 amide bonds. The minimum atomic E-state index is 0.807. The fourth-order valence-electron chi connectivity index (χ4n) is 3.57. The molecule has 0 atom stereocenters. The second-order valence-electron chi connectivity index (χ2n) is 6.97. The van der Waals surface area contributed by atoms with Crippen LogP contribution in [0.15, 0.2) is 66.7 Å². The van der Waals surface area contributed by atoms with Gasteiger partial charge in [0, 0.05) is 37.8 Å². The first-order valence-corrected chi connectivity index (χ1v) is 9.82. The second kappa shape index (κ2) is 8.21. The highest BCUT2D eigenvalue weighted by molar-refractivity contribution is 5.62. The van der Waals surface area contributed by atoms with E-state index in [9.17, 15) is 0 Å². The standard InChI is InChI=1S/C23H26N4/c1-2-26(18-19-11-5-3-6-12-19)21-17-22(27-15-9-10-16-27)25-23(24-21)20-13-7-4-8-14-20/h3-8,11-14,17H,2,9-10,15-16,18H2,1H3. The van der Waals surface area contributed by atoms with Crippen LogP contribution in [0.3, 0.4) is 0 Å². The van der Waals surface area contributed by atoms with Gasteiger partial charge >= 0.3 is 0 Å². The lowest BCUT2D eigenvalue weighted by Crippen LogP contribution is -2.25. The smallest absolute Gasteiger partial charge is 0.163 e. The summed E-state index contributed by atoms with van der Waals surface area (Å²) in [5.74, 6) is 2.85. The van der Waals surface area contributed by atoms with Gasteiger partial charge in [-0.2, -0.15) is 0 Å². The normalized spacial score (nSPS) is 13.7. The van der Waals surface area contributed by atoms with Crippen molar-refractivity contribution in [1.29, 1.82) is 0 Å². The largest absolute Gasteiger partial charge is 0.356 e. The molecule has 0 saturated carbocycles. The lowest BCUT2D eigenvalue weighted by atomic mass is 10.2. The molecule has 4 nitrogen and oxygen atoms in total. The molecule has 3 aromatic rings. The van der Waals surface area contributed by atoms with Crippen molar-refractivity contribution in [2.75, 3.05) is 29.4 Å². The summed E-state index contributed by atoms with van der Waals surface area (Å²) in [6.07, 6.45) is 2.48. The first kappa shape index (κ1) is 17.5. The van der Waals surface area contributed by atoms with Crippen LogP contribution < -0.4 is 9.80 Å². The van der Waals surface area contributed by atoms with Gasteiger partial charge in [0.2, 0.25) is 0 Å². The molecule has 138 valence electrons. The number of anilines is 2. The Balaban J connectivity index is 1.72. The van der Waals surface area contributed by atoms with Gasteiger partial charge < -0.3 is 9.80 Å². The van der Waals surface area contributed by atoms with Crippen molar-refractivity contribution in [3.8, 4) is 11.4 Å². The van der Waals surface area contributed by atoms with E-state index < -0.39 is 0 Å². The molecule has 1 aliphatic rings. The number of nitrogens with zero attached hydrogens (tertiary/aromatic N) is 4. The molecule has 0 aliphatic carbocycles. The van der Waals surface area contributed by atoms with Crippen molar-refractivity contribution in [1.82, 2.24) is 9.97 Å². The minimum absolute atomic E-state index is 0.807. The fourth-order valence-corrected chi connectivity index (χ4v) is 3.57. The summed E-state index contributed by atoms with van der Waals surface area (Å²) < 4.78 is 0. The Morgan fingerprint density at radius 1 is 0.889 bits per heavy atom. The molecule has 1 aliphatic heterocycles. The Bertz CT molecular complexity index is 858.